The lowest BCUT2D eigenvalue weighted by Crippen LogP contribution is -2.12. The fourth-order valence-electron chi connectivity index (χ4n) is 1.16. The Labute approximate surface area is 57.1 Å². The van der Waals surface area contributed by atoms with E-state index in [1.54, 1.807) is 0 Å². The van der Waals surface area contributed by atoms with E-state index in [1.807, 2.05) is 0 Å². The minimum Gasteiger partial charge on any atom is -0.306 e. The van der Waals surface area contributed by atoms with Crippen LogP contribution in [0.1, 0.15) is 13.3 Å². The molecule has 2 heteroatoms. The van der Waals surface area contributed by atoms with Crippen molar-refractivity contribution in [1.29, 1.82) is 5.26 Å². The van der Waals surface area contributed by atoms with Gasteiger partial charge in [0.1, 0.15) is 0 Å². The summed E-state index contributed by atoms with van der Waals surface area (Å²) in [6.07, 6.45) is 1.40. The van der Waals surface area contributed by atoms with Gasteiger partial charge in [-0.1, -0.05) is 6.92 Å². The van der Waals surface area contributed by atoms with Gasteiger partial charge in [-0.15, -0.1) is 0 Å². The molecule has 1 rings (SSSR count). The molecule has 1 unspecified atom stereocenters. The van der Waals surface area contributed by atoms with E-state index < -0.39 is 0 Å². The van der Waals surface area contributed by atoms with Crippen LogP contribution in [0.5, 0.6) is 0 Å². The van der Waals surface area contributed by atoms with Crippen molar-refractivity contribution in [2.24, 2.45) is 5.92 Å². The molecule has 0 bridgehead atoms. The summed E-state index contributed by atoms with van der Waals surface area (Å²) >= 11 is 0. The minimum absolute atomic E-state index is 0.949. The average molecular weight is 126 g/mol. The molecule has 0 aromatic rings. The Morgan fingerprint density at radius 3 is 2.22 bits per heavy atom. The van der Waals surface area contributed by atoms with E-state index in [9.17, 15) is 0 Å². The van der Waals surface area contributed by atoms with Gasteiger partial charge in [-0.2, -0.15) is 0 Å². The van der Waals surface area contributed by atoms with Crippen LogP contribution in [-0.4, -0.2) is 25.0 Å². The summed E-state index contributed by atoms with van der Waals surface area (Å²) in [5.41, 5.74) is 0. The topological polar surface area (TPSA) is 27.0 Å². The summed E-state index contributed by atoms with van der Waals surface area (Å²) in [5, 5.41) is 6.50. The molecule has 9 heavy (non-hydrogen) atoms. The van der Waals surface area contributed by atoms with E-state index in [0.29, 0.717) is 0 Å². The number of rotatable bonds is 0. The number of hydrogen-bond acceptors (Lipinski definition) is 2. The predicted octanol–water partition coefficient (Wildman–Crippen LogP) is 1.10. The van der Waals surface area contributed by atoms with E-state index in [0.717, 1.165) is 5.92 Å². The smallest absolute Gasteiger partial charge is 0.0462 e. The van der Waals surface area contributed by atoms with Crippen LogP contribution in [-0.2, 0) is 0 Å². The molecular weight excluding hydrogens is 112 g/mol. The van der Waals surface area contributed by atoms with E-state index in [-0.39, 0.29) is 0 Å². The van der Waals surface area contributed by atoms with E-state index in [4.69, 9.17) is 5.26 Å². The van der Waals surface area contributed by atoms with Crippen LogP contribution < -0.4 is 0 Å². The van der Waals surface area contributed by atoms with Crippen LogP contribution in [0.25, 0.3) is 0 Å². The number of likely N-dealkylation sites (tertiary alicyclic amines) is 1. The molecule has 0 amide bonds. The Balaban J connectivity index is 0.000000291. The van der Waals surface area contributed by atoms with Gasteiger partial charge in [0, 0.05) is 13.1 Å². The van der Waals surface area contributed by atoms with E-state index >= 15 is 0 Å². The lowest BCUT2D eigenvalue weighted by atomic mass is 10.2. The Morgan fingerprint density at radius 1 is 1.56 bits per heavy atom. The van der Waals surface area contributed by atoms with Gasteiger partial charge in [0.25, 0.3) is 0 Å². The molecule has 2 nitrogen and oxygen atoms in total. The maximum atomic E-state index is 6.50. The number of nitriles is 1. The van der Waals surface area contributed by atoms with Crippen molar-refractivity contribution in [3.63, 3.8) is 0 Å². The molecule has 1 aliphatic heterocycles. The Morgan fingerprint density at radius 2 is 2.11 bits per heavy atom. The first kappa shape index (κ1) is 8.45. The third kappa shape index (κ3) is 3.10. The van der Waals surface area contributed by atoms with Gasteiger partial charge in [-0.25, -0.2) is 5.26 Å². The molecule has 1 heterocycles. The first-order chi connectivity index (χ1) is 4.29. The van der Waals surface area contributed by atoms with Crippen LogP contribution in [0.2, 0.25) is 0 Å². The highest BCUT2D eigenvalue weighted by molar-refractivity contribution is 4.67. The zero-order chi connectivity index (χ0) is 7.28. The number of hydrogen-bond donors (Lipinski definition) is 0. The third-order valence-electron chi connectivity index (χ3n) is 1.63. The number of nitrogens with zero attached hydrogens (tertiary/aromatic N) is 2. The van der Waals surface area contributed by atoms with Gasteiger partial charge in [-0.05, 0) is 25.9 Å². The zero-order valence-corrected chi connectivity index (χ0v) is 6.17. The summed E-state index contributed by atoms with van der Waals surface area (Å²) in [4.78, 5) is 2.38. The summed E-state index contributed by atoms with van der Waals surface area (Å²) in [6.45, 7) is 8.42. The maximum Gasteiger partial charge on any atom is 0.0462 e. The quantitative estimate of drug-likeness (QED) is 0.486. The summed E-state index contributed by atoms with van der Waals surface area (Å²) in [7, 11) is 2.18. The SMILES string of the molecule is C#N.CC1CCN(C)C1. The van der Waals surface area contributed by atoms with Crippen LogP contribution in [0.4, 0.5) is 0 Å². The highest BCUT2D eigenvalue weighted by atomic mass is 15.1. The van der Waals surface area contributed by atoms with Gasteiger partial charge in [0.15, 0.2) is 0 Å². The van der Waals surface area contributed by atoms with Crippen LogP contribution in [0, 0.1) is 17.8 Å². The molecule has 0 N–H and O–H groups in total. The van der Waals surface area contributed by atoms with Crippen molar-refractivity contribution < 1.29 is 0 Å². The van der Waals surface area contributed by atoms with Crippen LogP contribution in [0.3, 0.4) is 0 Å². The normalized spacial score (nSPS) is 26.9. The summed E-state index contributed by atoms with van der Waals surface area (Å²) < 4.78 is 0. The molecular formula is C7H14N2. The van der Waals surface area contributed by atoms with Gasteiger partial charge in [-0.3, -0.25) is 0 Å². The Hall–Kier alpha value is -0.550. The maximum absolute atomic E-state index is 6.50. The lowest BCUT2D eigenvalue weighted by molar-refractivity contribution is 0.402. The molecule has 1 aliphatic rings. The summed E-state index contributed by atoms with van der Waals surface area (Å²) in [6, 6.07) is 0. The highest BCUT2D eigenvalue weighted by Crippen LogP contribution is 2.11. The zero-order valence-electron chi connectivity index (χ0n) is 6.17. The Kier molecular flexibility index (Phi) is 4.08. The Bertz CT molecular complexity index is 80.2. The summed E-state index contributed by atoms with van der Waals surface area (Å²) in [5.74, 6) is 0.949. The first-order valence-electron chi connectivity index (χ1n) is 3.23. The predicted molar refractivity (Wildman–Crippen MR) is 37.9 cm³/mol. The van der Waals surface area contributed by atoms with Gasteiger partial charge < -0.3 is 4.90 Å². The molecule has 0 spiro atoms. The van der Waals surface area contributed by atoms with Gasteiger partial charge in [0.05, 0.1) is 0 Å². The van der Waals surface area contributed by atoms with E-state index in [2.05, 4.69) is 25.4 Å². The first-order valence-corrected chi connectivity index (χ1v) is 3.23. The van der Waals surface area contributed by atoms with Crippen molar-refractivity contribution in [1.82, 2.24) is 4.90 Å². The molecule has 0 aromatic heterocycles. The van der Waals surface area contributed by atoms with Crippen molar-refractivity contribution >= 4 is 0 Å². The van der Waals surface area contributed by atoms with E-state index in [1.165, 1.54) is 19.5 Å². The molecule has 0 aromatic carbocycles. The van der Waals surface area contributed by atoms with Gasteiger partial charge in [0.2, 0.25) is 0 Å². The molecule has 0 radical (unpaired) electrons. The second-order valence-electron chi connectivity index (χ2n) is 2.66. The third-order valence-corrected chi connectivity index (χ3v) is 1.63. The molecule has 1 saturated heterocycles. The van der Waals surface area contributed by atoms with Crippen molar-refractivity contribution in [3.8, 4) is 6.57 Å². The lowest BCUT2D eigenvalue weighted by Gasteiger charge is -2.03. The average Bonchev–Trinajstić information content (AvgIpc) is 2.20. The molecule has 1 fully saturated rings. The fourth-order valence-corrected chi connectivity index (χ4v) is 1.16. The highest BCUT2D eigenvalue weighted by Gasteiger charge is 2.13. The van der Waals surface area contributed by atoms with Crippen LogP contribution >= 0.6 is 0 Å². The van der Waals surface area contributed by atoms with Crippen molar-refractivity contribution in [2.45, 2.75) is 13.3 Å². The molecule has 0 saturated carbocycles. The van der Waals surface area contributed by atoms with Gasteiger partial charge >= 0.3 is 0 Å². The standard InChI is InChI=1S/C6H13N.CHN/c1-6-3-4-7(2)5-6;1-2/h6H,3-5H2,1-2H3;1H. The monoisotopic (exact) mass is 126 g/mol. The van der Waals surface area contributed by atoms with Crippen molar-refractivity contribution in [3.05, 3.63) is 0 Å². The second kappa shape index (κ2) is 4.34. The second-order valence-corrected chi connectivity index (χ2v) is 2.66. The molecule has 0 aliphatic carbocycles. The van der Waals surface area contributed by atoms with Crippen LogP contribution in [0.15, 0.2) is 0 Å². The largest absolute Gasteiger partial charge is 0.306 e. The van der Waals surface area contributed by atoms with Crippen molar-refractivity contribution in [2.75, 3.05) is 20.1 Å². The molecule has 1 atom stereocenters. The minimum atomic E-state index is 0.949. The molecule has 52 valence electrons. The fraction of sp³-hybridized carbons (Fsp3) is 0.857.